The highest BCUT2D eigenvalue weighted by Crippen LogP contribution is 2.32. The number of rotatable bonds is 4. The fraction of sp³-hybridized carbons (Fsp3) is 0.462. The Labute approximate surface area is 125 Å². The summed E-state index contributed by atoms with van der Waals surface area (Å²) < 4.78 is 5.14. The van der Waals surface area contributed by atoms with Crippen LogP contribution in [0.1, 0.15) is 18.9 Å². The first-order valence-corrected chi connectivity index (χ1v) is 5.88. The summed E-state index contributed by atoms with van der Waals surface area (Å²) in [5, 5.41) is 3.13. The zero-order valence-corrected chi connectivity index (χ0v) is 13.0. The van der Waals surface area contributed by atoms with Crippen LogP contribution in [0.25, 0.3) is 0 Å². The predicted molar refractivity (Wildman–Crippen MR) is 85.4 cm³/mol. The Hall–Kier alpha value is -0.820. The van der Waals surface area contributed by atoms with Gasteiger partial charge in [-0.25, -0.2) is 4.99 Å². The van der Waals surface area contributed by atoms with Gasteiger partial charge in [-0.2, -0.15) is 0 Å². The van der Waals surface area contributed by atoms with E-state index in [1.54, 1.807) is 7.11 Å². The molecule has 1 aromatic rings. The van der Waals surface area contributed by atoms with E-state index in [1.807, 2.05) is 24.3 Å². The van der Waals surface area contributed by atoms with Crippen LogP contribution in [-0.4, -0.2) is 19.1 Å². The van der Waals surface area contributed by atoms with Gasteiger partial charge in [0, 0.05) is 18.4 Å². The number of hydrogen-bond donors (Lipinski definition) is 2. The summed E-state index contributed by atoms with van der Waals surface area (Å²) in [5.74, 6) is 1.16. The van der Waals surface area contributed by atoms with E-state index in [9.17, 15) is 0 Å². The van der Waals surface area contributed by atoms with Crippen LogP contribution in [0.3, 0.4) is 0 Å². The van der Waals surface area contributed by atoms with E-state index >= 15 is 0 Å². The van der Waals surface area contributed by atoms with Crippen molar-refractivity contribution < 1.29 is 4.74 Å². The maximum Gasteiger partial charge on any atom is 0.193 e. The topological polar surface area (TPSA) is 59.6 Å². The second kappa shape index (κ2) is 6.94. The third-order valence-electron chi connectivity index (χ3n) is 2.95. The number of para-hydroxylation sites is 1. The highest BCUT2D eigenvalue weighted by atomic mass is 127. The number of halogens is 1. The van der Waals surface area contributed by atoms with Crippen LogP contribution in [-0.2, 0) is 11.3 Å². The van der Waals surface area contributed by atoms with Gasteiger partial charge in [-0.05, 0) is 18.4 Å². The van der Waals surface area contributed by atoms with Gasteiger partial charge in [0.05, 0.1) is 12.6 Å². The zero-order valence-electron chi connectivity index (χ0n) is 10.7. The zero-order chi connectivity index (χ0) is 12.3. The van der Waals surface area contributed by atoms with Crippen LogP contribution in [0.4, 0.5) is 5.69 Å². The Morgan fingerprint density at radius 1 is 1.50 bits per heavy atom. The highest BCUT2D eigenvalue weighted by molar-refractivity contribution is 14.0. The molecule has 1 aromatic carbocycles. The number of nitrogens with zero attached hydrogens (tertiary/aromatic N) is 1. The number of benzene rings is 1. The quantitative estimate of drug-likeness (QED) is 0.492. The van der Waals surface area contributed by atoms with Crippen molar-refractivity contribution in [1.82, 2.24) is 0 Å². The molecule has 2 unspecified atom stereocenters. The standard InChI is InChI=1S/C13H19N3O.HI/c1-9-7-12(9)16-13(14)15-11-6-4-3-5-10(11)8-17-2;/h3-6,9,12H,7-8H2,1-2H3,(H3,14,15,16);1H. The minimum absolute atomic E-state index is 0. The number of nitrogens with one attached hydrogen (secondary N) is 1. The predicted octanol–water partition coefficient (Wildman–Crippen LogP) is 2.59. The van der Waals surface area contributed by atoms with Gasteiger partial charge in [0.25, 0.3) is 0 Å². The molecule has 0 bridgehead atoms. The SMILES string of the molecule is COCc1ccccc1NC(N)=NC1CC1C.I. The third-order valence-corrected chi connectivity index (χ3v) is 2.95. The summed E-state index contributed by atoms with van der Waals surface area (Å²) in [6, 6.07) is 8.34. The fourth-order valence-electron chi connectivity index (χ4n) is 1.75. The Balaban J connectivity index is 0.00000162. The molecule has 4 nitrogen and oxygen atoms in total. The lowest BCUT2D eigenvalue weighted by molar-refractivity contribution is 0.185. The molecule has 0 heterocycles. The first kappa shape index (κ1) is 15.2. The summed E-state index contributed by atoms with van der Waals surface area (Å²) in [6.45, 7) is 2.75. The van der Waals surface area contributed by atoms with Crippen LogP contribution >= 0.6 is 24.0 Å². The monoisotopic (exact) mass is 361 g/mol. The molecule has 100 valence electrons. The lowest BCUT2D eigenvalue weighted by atomic mass is 10.2. The van der Waals surface area contributed by atoms with Gasteiger partial charge in [0.15, 0.2) is 5.96 Å². The molecule has 2 rings (SSSR count). The second-order valence-corrected chi connectivity index (χ2v) is 4.51. The molecule has 2 atom stereocenters. The van der Waals surface area contributed by atoms with Crippen molar-refractivity contribution in [2.45, 2.75) is 26.0 Å². The van der Waals surface area contributed by atoms with Crippen LogP contribution in [0.2, 0.25) is 0 Å². The molecule has 0 aliphatic heterocycles. The molecule has 1 saturated carbocycles. The van der Waals surface area contributed by atoms with Gasteiger partial charge >= 0.3 is 0 Å². The molecule has 0 saturated heterocycles. The molecular formula is C13H20IN3O. The van der Waals surface area contributed by atoms with E-state index in [0.29, 0.717) is 24.5 Å². The van der Waals surface area contributed by atoms with E-state index in [0.717, 1.165) is 17.7 Å². The van der Waals surface area contributed by atoms with E-state index in [-0.39, 0.29) is 24.0 Å². The Morgan fingerprint density at radius 3 is 2.78 bits per heavy atom. The van der Waals surface area contributed by atoms with Crippen LogP contribution in [0.5, 0.6) is 0 Å². The second-order valence-electron chi connectivity index (χ2n) is 4.51. The number of methoxy groups -OCH3 is 1. The average molecular weight is 361 g/mol. The van der Waals surface area contributed by atoms with E-state index in [1.165, 1.54) is 0 Å². The third kappa shape index (κ3) is 4.13. The van der Waals surface area contributed by atoms with Crippen molar-refractivity contribution in [3.05, 3.63) is 29.8 Å². The van der Waals surface area contributed by atoms with Crippen molar-refractivity contribution in [3.63, 3.8) is 0 Å². The largest absolute Gasteiger partial charge is 0.380 e. The van der Waals surface area contributed by atoms with Gasteiger partial charge in [0.1, 0.15) is 0 Å². The molecule has 1 fully saturated rings. The van der Waals surface area contributed by atoms with Gasteiger partial charge in [-0.3, -0.25) is 0 Å². The first-order chi connectivity index (χ1) is 8.20. The average Bonchev–Trinajstić information content (AvgIpc) is 2.97. The Morgan fingerprint density at radius 2 is 2.17 bits per heavy atom. The molecular weight excluding hydrogens is 341 g/mol. The summed E-state index contributed by atoms with van der Waals surface area (Å²) >= 11 is 0. The Kier molecular flexibility index (Phi) is 5.87. The molecule has 0 amide bonds. The maximum atomic E-state index is 5.87. The van der Waals surface area contributed by atoms with Crippen molar-refractivity contribution in [2.75, 3.05) is 12.4 Å². The highest BCUT2D eigenvalue weighted by Gasteiger charge is 2.32. The van der Waals surface area contributed by atoms with Crippen molar-refractivity contribution in [3.8, 4) is 0 Å². The molecule has 18 heavy (non-hydrogen) atoms. The van der Waals surface area contributed by atoms with Gasteiger partial charge < -0.3 is 15.8 Å². The van der Waals surface area contributed by atoms with E-state index in [4.69, 9.17) is 10.5 Å². The summed E-state index contributed by atoms with van der Waals surface area (Å²) in [7, 11) is 1.68. The van der Waals surface area contributed by atoms with Crippen molar-refractivity contribution >= 4 is 35.6 Å². The number of nitrogens with two attached hydrogens (primary N) is 1. The van der Waals surface area contributed by atoms with Crippen LogP contribution in [0, 0.1) is 5.92 Å². The number of aliphatic imine (C=N–C) groups is 1. The lowest BCUT2D eigenvalue weighted by Crippen LogP contribution is -2.24. The number of ether oxygens (including phenoxy) is 1. The van der Waals surface area contributed by atoms with E-state index in [2.05, 4.69) is 17.2 Å². The minimum Gasteiger partial charge on any atom is -0.380 e. The summed E-state index contributed by atoms with van der Waals surface area (Å²) in [5.41, 5.74) is 7.91. The van der Waals surface area contributed by atoms with Gasteiger partial charge in [-0.15, -0.1) is 24.0 Å². The van der Waals surface area contributed by atoms with Gasteiger partial charge in [-0.1, -0.05) is 25.1 Å². The van der Waals surface area contributed by atoms with Gasteiger partial charge in [0.2, 0.25) is 0 Å². The van der Waals surface area contributed by atoms with Crippen LogP contribution in [0.15, 0.2) is 29.3 Å². The smallest absolute Gasteiger partial charge is 0.193 e. The Bertz CT molecular complexity index is 422. The molecule has 3 N–H and O–H groups in total. The van der Waals surface area contributed by atoms with E-state index < -0.39 is 0 Å². The van der Waals surface area contributed by atoms with Crippen molar-refractivity contribution in [1.29, 1.82) is 0 Å². The molecule has 0 radical (unpaired) electrons. The molecule has 5 heteroatoms. The summed E-state index contributed by atoms with van der Waals surface area (Å²) in [4.78, 5) is 4.41. The molecule has 0 spiro atoms. The maximum absolute atomic E-state index is 5.87. The first-order valence-electron chi connectivity index (χ1n) is 5.88. The normalized spacial score (nSPS) is 22.2. The fourth-order valence-corrected chi connectivity index (χ4v) is 1.75. The van der Waals surface area contributed by atoms with Crippen molar-refractivity contribution in [2.24, 2.45) is 16.6 Å². The molecule has 1 aliphatic carbocycles. The lowest BCUT2D eigenvalue weighted by Gasteiger charge is -2.10. The number of guanidine groups is 1. The minimum atomic E-state index is 0. The molecule has 0 aromatic heterocycles. The number of hydrogen-bond acceptors (Lipinski definition) is 2. The summed E-state index contributed by atoms with van der Waals surface area (Å²) in [6.07, 6.45) is 1.14. The molecule has 1 aliphatic rings. The number of anilines is 1. The van der Waals surface area contributed by atoms with Crippen LogP contribution < -0.4 is 11.1 Å².